The van der Waals surface area contributed by atoms with Gasteiger partial charge in [-0.15, -0.1) is 11.3 Å². The summed E-state index contributed by atoms with van der Waals surface area (Å²) in [5.41, 5.74) is 1.94. The third-order valence-electron chi connectivity index (χ3n) is 4.72. The van der Waals surface area contributed by atoms with E-state index in [4.69, 9.17) is 21.1 Å². The number of hydrogen-bond acceptors (Lipinski definition) is 6. The number of benzene rings is 1. The maximum Gasteiger partial charge on any atom is 0.341 e. The Labute approximate surface area is 183 Å². The van der Waals surface area contributed by atoms with Crippen LogP contribution in [0.2, 0.25) is 5.02 Å². The maximum absolute atomic E-state index is 13.0. The topological polar surface area (TPSA) is 93.7 Å². The number of amides is 2. The van der Waals surface area contributed by atoms with E-state index >= 15 is 0 Å². The van der Waals surface area contributed by atoms with Gasteiger partial charge < -0.3 is 20.1 Å². The molecule has 0 unspecified atom stereocenters. The molecule has 0 bridgehead atoms. The number of anilines is 2. The summed E-state index contributed by atoms with van der Waals surface area (Å²) in [7, 11) is 1.42. The second kappa shape index (κ2) is 9.49. The minimum absolute atomic E-state index is 0.192. The number of rotatable bonds is 6. The molecular formula is C21H23ClN2O5S. The highest BCUT2D eigenvalue weighted by Crippen LogP contribution is 2.39. The van der Waals surface area contributed by atoms with Gasteiger partial charge in [-0.2, -0.15) is 0 Å². The lowest BCUT2D eigenvalue weighted by Gasteiger charge is -2.14. The largest absolute Gasteiger partial charge is 0.496 e. The summed E-state index contributed by atoms with van der Waals surface area (Å²) in [5.74, 6) is -0.940. The SMILES string of the molecule is CCOC(=O)c1c(NC(=O)c2cc(Cl)c(NC(C)=O)cc2OC)sc2c1CCCC2. The molecule has 0 spiro atoms. The summed E-state index contributed by atoms with van der Waals surface area (Å²) in [6.07, 6.45) is 3.72. The van der Waals surface area contributed by atoms with Crippen LogP contribution in [0, 0.1) is 0 Å². The van der Waals surface area contributed by atoms with Crippen molar-refractivity contribution in [1.82, 2.24) is 0 Å². The average Bonchev–Trinajstić information content (AvgIpc) is 3.06. The van der Waals surface area contributed by atoms with Crippen molar-refractivity contribution in [2.45, 2.75) is 39.5 Å². The zero-order chi connectivity index (χ0) is 21.8. The van der Waals surface area contributed by atoms with Crippen molar-refractivity contribution >= 4 is 51.4 Å². The molecule has 160 valence electrons. The fourth-order valence-corrected chi connectivity index (χ4v) is 4.91. The Morgan fingerprint density at radius 3 is 2.57 bits per heavy atom. The molecule has 1 heterocycles. The number of halogens is 1. The lowest BCUT2D eigenvalue weighted by molar-refractivity contribution is -0.114. The van der Waals surface area contributed by atoms with Crippen LogP contribution in [0.3, 0.4) is 0 Å². The van der Waals surface area contributed by atoms with Crippen molar-refractivity contribution in [2.75, 3.05) is 24.4 Å². The first-order valence-corrected chi connectivity index (χ1v) is 10.8. The van der Waals surface area contributed by atoms with Crippen molar-refractivity contribution in [3.05, 3.63) is 38.7 Å². The standard InChI is InChI=1S/C21H23ClN2O5S/c1-4-29-21(27)18-12-7-5-6-8-17(12)30-20(18)24-19(26)13-9-14(22)15(23-11(2)25)10-16(13)28-3/h9-10H,4-8H2,1-3H3,(H,23,25)(H,24,26). The molecule has 1 aliphatic carbocycles. The van der Waals surface area contributed by atoms with E-state index in [2.05, 4.69) is 10.6 Å². The molecule has 9 heteroatoms. The van der Waals surface area contributed by atoms with E-state index < -0.39 is 11.9 Å². The third-order valence-corrected chi connectivity index (χ3v) is 6.24. The van der Waals surface area contributed by atoms with E-state index in [0.29, 0.717) is 16.3 Å². The van der Waals surface area contributed by atoms with Gasteiger partial charge in [0.05, 0.1) is 35.6 Å². The van der Waals surface area contributed by atoms with Crippen LogP contribution in [-0.4, -0.2) is 31.5 Å². The Kier molecular flexibility index (Phi) is 6.99. The van der Waals surface area contributed by atoms with Gasteiger partial charge in [0.25, 0.3) is 5.91 Å². The van der Waals surface area contributed by atoms with E-state index in [0.717, 1.165) is 36.1 Å². The Morgan fingerprint density at radius 2 is 1.90 bits per heavy atom. The summed E-state index contributed by atoms with van der Waals surface area (Å²) >= 11 is 7.64. The van der Waals surface area contributed by atoms with Crippen molar-refractivity contribution in [3.63, 3.8) is 0 Å². The Morgan fingerprint density at radius 1 is 1.17 bits per heavy atom. The number of carbonyl (C=O) groups excluding carboxylic acids is 3. The lowest BCUT2D eigenvalue weighted by atomic mass is 9.95. The van der Waals surface area contributed by atoms with Gasteiger partial charge in [0, 0.05) is 17.9 Å². The number of esters is 1. The molecule has 0 atom stereocenters. The van der Waals surface area contributed by atoms with Crippen LogP contribution in [-0.2, 0) is 22.4 Å². The molecular weight excluding hydrogens is 428 g/mol. The molecule has 0 saturated heterocycles. The summed E-state index contributed by atoms with van der Waals surface area (Å²) in [6.45, 7) is 3.36. The highest BCUT2D eigenvalue weighted by molar-refractivity contribution is 7.17. The van der Waals surface area contributed by atoms with Crippen molar-refractivity contribution < 1.29 is 23.9 Å². The Balaban J connectivity index is 1.96. The van der Waals surface area contributed by atoms with Crippen LogP contribution < -0.4 is 15.4 Å². The van der Waals surface area contributed by atoms with Crippen LogP contribution in [0.4, 0.5) is 10.7 Å². The van der Waals surface area contributed by atoms with E-state index in [1.807, 2.05) is 0 Å². The van der Waals surface area contributed by atoms with Gasteiger partial charge >= 0.3 is 5.97 Å². The van der Waals surface area contributed by atoms with E-state index in [1.54, 1.807) is 6.92 Å². The van der Waals surface area contributed by atoms with Gasteiger partial charge in [-0.1, -0.05) is 11.6 Å². The van der Waals surface area contributed by atoms with Gasteiger partial charge in [-0.25, -0.2) is 4.79 Å². The molecule has 1 aromatic heterocycles. The third kappa shape index (κ3) is 4.60. The molecule has 0 saturated carbocycles. The number of ether oxygens (including phenoxy) is 2. The smallest absolute Gasteiger partial charge is 0.341 e. The Hall–Kier alpha value is -2.58. The van der Waals surface area contributed by atoms with Crippen LogP contribution in [0.1, 0.15) is 57.8 Å². The molecule has 1 aromatic carbocycles. The zero-order valence-corrected chi connectivity index (χ0v) is 18.6. The fourth-order valence-electron chi connectivity index (χ4n) is 3.43. The first-order valence-electron chi connectivity index (χ1n) is 9.63. The van der Waals surface area contributed by atoms with Crippen molar-refractivity contribution in [3.8, 4) is 5.75 Å². The Bertz CT molecular complexity index is 1000. The summed E-state index contributed by atoms with van der Waals surface area (Å²) in [5, 5.41) is 6.10. The average molecular weight is 451 g/mol. The first kappa shape index (κ1) is 22.1. The van der Waals surface area contributed by atoms with Crippen LogP contribution >= 0.6 is 22.9 Å². The second-order valence-corrected chi connectivity index (χ2v) is 8.32. The number of nitrogens with one attached hydrogen (secondary N) is 2. The number of fused-ring (bicyclic) bond motifs is 1. The maximum atomic E-state index is 13.0. The minimum atomic E-state index is -0.465. The van der Waals surface area contributed by atoms with Crippen LogP contribution in [0.15, 0.2) is 12.1 Å². The van der Waals surface area contributed by atoms with E-state index in [1.165, 1.54) is 37.5 Å². The molecule has 1 aliphatic rings. The van der Waals surface area contributed by atoms with Crippen molar-refractivity contribution in [1.29, 1.82) is 0 Å². The minimum Gasteiger partial charge on any atom is -0.496 e. The van der Waals surface area contributed by atoms with Gasteiger partial charge in [0.15, 0.2) is 0 Å². The highest BCUT2D eigenvalue weighted by Gasteiger charge is 2.28. The van der Waals surface area contributed by atoms with E-state index in [-0.39, 0.29) is 28.8 Å². The number of aryl methyl sites for hydroxylation is 1. The van der Waals surface area contributed by atoms with Gasteiger partial charge in [-0.05, 0) is 44.2 Å². The quantitative estimate of drug-likeness (QED) is 0.623. The zero-order valence-electron chi connectivity index (χ0n) is 17.0. The molecule has 2 amide bonds. The second-order valence-electron chi connectivity index (χ2n) is 6.80. The molecule has 0 aliphatic heterocycles. The predicted molar refractivity (Wildman–Crippen MR) is 117 cm³/mol. The number of methoxy groups -OCH3 is 1. The summed E-state index contributed by atoms with van der Waals surface area (Å²) < 4.78 is 10.5. The molecule has 3 rings (SSSR count). The number of hydrogen-bond donors (Lipinski definition) is 2. The summed E-state index contributed by atoms with van der Waals surface area (Å²) in [6, 6.07) is 2.92. The van der Waals surface area contributed by atoms with Crippen LogP contribution in [0.5, 0.6) is 5.75 Å². The highest BCUT2D eigenvalue weighted by atomic mass is 35.5. The van der Waals surface area contributed by atoms with Gasteiger partial charge in [-0.3, -0.25) is 9.59 Å². The normalized spacial score (nSPS) is 12.7. The van der Waals surface area contributed by atoms with Gasteiger partial charge in [0.2, 0.25) is 5.91 Å². The molecule has 0 radical (unpaired) electrons. The number of carbonyl (C=O) groups is 3. The molecule has 0 fully saturated rings. The monoisotopic (exact) mass is 450 g/mol. The first-order chi connectivity index (χ1) is 14.3. The molecule has 2 aromatic rings. The predicted octanol–water partition coefficient (Wildman–Crippen LogP) is 4.68. The number of thiophene rings is 1. The molecule has 2 N–H and O–H groups in total. The van der Waals surface area contributed by atoms with E-state index in [9.17, 15) is 14.4 Å². The van der Waals surface area contributed by atoms with Crippen molar-refractivity contribution in [2.24, 2.45) is 0 Å². The molecule has 30 heavy (non-hydrogen) atoms. The summed E-state index contributed by atoms with van der Waals surface area (Å²) in [4.78, 5) is 38.1. The molecule has 7 nitrogen and oxygen atoms in total. The van der Waals surface area contributed by atoms with Gasteiger partial charge in [0.1, 0.15) is 10.8 Å². The lowest BCUT2D eigenvalue weighted by Crippen LogP contribution is -2.17. The fraction of sp³-hybridized carbons (Fsp3) is 0.381. The van der Waals surface area contributed by atoms with Crippen LogP contribution in [0.25, 0.3) is 0 Å².